The molecule has 0 aromatic carbocycles. The highest BCUT2D eigenvalue weighted by molar-refractivity contribution is 4.53. The van der Waals surface area contributed by atoms with Crippen LogP contribution in [0.25, 0.3) is 0 Å². The van der Waals surface area contributed by atoms with Gasteiger partial charge >= 0.3 is 0 Å². The number of hydrogen-bond acceptors (Lipinski definition) is 3. The van der Waals surface area contributed by atoms with E-state index in [1.54, 1.807) is 0 Å². The van der Waals surface area contributed by atoms with Gasteiger partial charge < -0.3 is 16.4 Å². The minimum absolute atomic E-state index is 0.777. The lowest BCUT2D eigenvalue weighted by Gasteiger charge is -2.03. The summed E-state index contributed by atoms with van der Waals surface area (Å²) >= 11 is 0. The first-order chi connectivity index (χ1) is 5.41. The molecule has 67 valence electrons. The molecule has 0 saturated carbocycles. The first kappa shape index (κ1) is 10.9. The minimum atomic E-state index is 0.777. The van der Waals surface area contributed by atoms with Gasteiger partial charge in [0.25, 0.3) is 0 Å². The van der Waals surface area contributed by atoms with E-state index in [1.807, 2.05) is 0 Å². The molecule has 0 aromatic heterocycles. The molecule has 0 atom stereocenters. The van der Waals surface area contributed by atoms with E-state index in [2.05, 4.69) is 17.6 Å². The Morgan fingerprint density at radius 1 is 1.00 bits per heavy atom. The molecular formula is C8H20N3. The van der Waals surface area contributed by atoms with Gasteiger partial charge in [-0.05, 0) is 32.5 Å². The molecule has 0 saturated heterocycles. The summed E-state index contributed by atoms with van der Waals surface area (Å²) in [5.74, 6) is 0. The van der Waals surface area contributed by atoms with Crippen LogP contribution in [0.5, 0.6) is 0 Å². The van der Waals surface area contributed by atoms with Crippen molar-refractivity contribution in [1.82, 2.24) is 10.6 Å². The van der Waals surface area contributed by atoms with Crippen molar-refractivity contribution in [2.24, 2.45) is 5.73 Å². The SMILES string of the molecule is [CH2]CCNCCNCCCN. The number of rotatable bonds is 8. The van der Waals surface area contributed by atoms with Gasteiger partial charge in [-0.3, -0.25) is 0 Å². The number of nitrogens with two attached hydrogens (primary N) is 1. The van der Waals surface area contributed by atoms with Crippen molar-refractivity contribution in [2.45, 2.75) is 12.8 Å². The van der Waals surface area contributed by atoms with Crippen LogP contribution >= 0.6 is 0 Å². The lowest BCUT2D eigenvalue weighted by Crippen LogP contribution is -2.29. The fraction of sp³-hybridized carbons (Fsp3) is 0.875. The van der Waals surface area contributed by atoms with Crippen molar-refractivity contribution >= 4 is 0 Å². The maximum absolute atomic E-state index is 5.33. The van der Waals surface area contributed by atoms with E-state index in [9.17, 15) is 0 Å². The predicted octanol–water partition coefficient (Wildman–Crippen LogP) is -0.261. The minimum Gasteiger partial charge on any atom is -0.330 e. The molecule has 0 fully saturated rings. The Morgan fingerprint density at radius 3 is 2.18 bits per heavy atom. The highest BCUT2D eigenvalue weighted by Crippen LogP contribution is 1.70. The van der Waals surface area contributed by atoms with Crippen LogP contribution in [0.4, 0.5) is 0 Å². The molecule has 0 heterocycles. The Balaban J connectivity index is 2.69. The van der Waals surface area contributed by atoms with Gasteiger partial charge in [0, 0.05) is 13.1 Å². The van der Waals surface area contributed by atoms with Crippen molar-refractivity contribution in [3.05, 3.63) is 6.92 Å². The van der Waals surface area contributed by atoms with E-state index in [0.717, 1.165) is 45.6 Å². The van der Waals surface area contributed by atoms with Crippen molar-refractivity contribution in [2.75, 3.05) is 32.7 Å². The zero-order valence-electron chi connectivity index (χ0n) is 7.23. The van der Waals surface area contributed by atoms with Crippen LogP contribution in [-0.2, 0) is 0 Å². The van der Waals surface area contributed by atoms with Crippen molar-refractivity contribution < 1.29 is 0 Å². The standard InChI is InChI=1S/C8H20N3/c1-2-5-10-7-8-11-6-3-4-9/h10-11H,1-9H2. The Kier molecular flexibility index (Phi) is 9.77. The Hall–Kier alpha value is -0.120. The molecule has 3 heteroatoms. The Morgan fingerprint density at radius 2 is 1.64 bits per heavy atom. The van der Waals surface area contributed by atoms with E-state index in [-0.39, 0.29) is 0 Å². The average Bonchev–Trinajstić information content (AvgIpc) is 2.03. The van der Waals surface area contributed by atoms with E-state index in [4.69, 9.17) is 5.73 Å². The largest absolute Gasteiger partial charge is 0.330 e. The fourth-order valence-electron chi connectivity index (χ4n) is 0.779. The van der Waals surface area contributed by atoms with Crippen LogP contribution < -0.4 is 16.4 Å². The van der Waals surface area contributed by atoms with Crippen LogP contribution in [0.2, 0.25) is 0 Å². The van der Waals surface area contributed by atoms with Crippen molar-refractivity contribution in [1.29, 1.82) is 0 Å². The van der Waals surface area contributed by atoms with Gasteiger partial charge in [-0.25, -0.2) is 0 Å². The summed E-state index contributed by atoms with van der Waals surface area (Å²) in [5.41, 5.74) is 5.33. The van der Waals surface area contributed by atoms with E-state index >= 15 is 0 Å². The topological polar surface area (TPSA) is 50.1 Å². The molecule has 0 spiro atoms. The molecule has 11 heavy (non-hydrogen) atoms. The van der Waals surface area contributed by atoms with Gasteiger partial charge in [0.1, 0.15) is 0 Å². The monoisotopic (exact) mass is 158 g/mol. The van der Waals surface area contributed by atoms with Crippen molar-refractivity contribution in [3.63, 3.8) is 0 Å². The lowest BCUT2D eigenvalue weighted by atomic mass is 10.4. The average molecular weight is 158 g/mol. The molecule has 0 aliphatic carbocycles. The molecular weight excluding hydrogens is 138 g/mol. The first-order valence-electron chi connectivity index (χ1n) is 4.32. The normalized spacial score (nSPS) is 10.4. The molecule has 0 bridgehead atoms. The van der Waals surface area contributed by atoms with E-state index < -0.39 is 0 Å². The maximum Gasteiger partial charge on any atom is 0.00767 e. The quantitative estimate of drug-likeness (QED) is 0.427. The summed E-state index contributed by atoms with van der Waals surface area (Å²) in [6, 6.07) is 0. The smallest absolute Gasteiger partial charge is 0.00767 e. The molecule has 0 aliphatic heterocycles. The summed E-state index contributed by atoms with van der Waals surface area (Å²) in [6.07, 6.45) is 2.03. The second-order valence-electron chi connectivity index (χ2n) is 2.50. The molecule has 0 amide bonds. The summed E-state index contributed by atoms with van der Waals surface area (Å²) in [5, 5.41) is 6.54. The van der Waals surface area contributed by atoms with Crippen LogP contribution in [0.3, 0.4) is 0 Å². The Bertz CT molecular complexity index is 58.4. The van der Waals surface area contributed by atoms with E-state index in [1.165, 1.54) is 0 Å². The van der Waals surface area contributed by atoms with Gasteiger partial charge in [-0.1, -0.05) is 6.92 Å². The highest BCUT2D eigenvalue weighted by atomic mass is 14.9. The molecule has 0 rings (SSSR count). The molecule has 0 aromatic rings. The summed E-state index contributed by atoms with van der Waals surface area (Å²) in [7, 11) is 0. The second kappa shape index (κ2) is 9.88. The molecule has 1 radical (unpaired) electrons. The molecule has 0 aliphatic rings. The first-order valence-corrected chi connectivity index (χ1v) is 4.32. The molecule has 3 nitrogen and oxygen atoms in total. The number of nitrogens with one attached hydrogen (secondary N) is 2. The summed E-state index contributed by atoms with van der Waals surface area (Å²) in [6.45, 7) is 8.61. The number of hydrogen-bond donors (Lipinski definition) is 3. The van der Waals surface area contributed by atoms with Crippen molar-refractivity contribution in [3.8, 4) is 0 Å². The van der Waals surface area contributed by atoms with Gasteiger partial charge in [-0.15, -0.1) is 0 Å². The molecule has 0 unspecified atom stereocenters. The van der Waals surface area contributed by atoms with E-state index in [0.29, 0.717) is 0 Å². The van der Waals surface area contributed by atoms with Gasteiger partial charge in [0.15, 0.2) is 0 Å². The Labute approximate surface area is 69.7 Å². The van der Waals surface area contributed by atoms with Crippen LogP contribution in [0.1, 0.15) is 12.8 Å². The predicted molar refractivity (Wildman–Crippen MR) is 49.4 cm³/mol. The van der Waals surface area contributed by atoms with Crippen LogP contribution in [0, 0.1) is 6.92 Å². The third-order valence-electron chi connectivity index (χ3n) is 1.39. The lowest BCUT2D eigenvalue weighted by molar-refractivity contribution is 0.601. The fourth-order valence-corrected chi connectivity index (χ4v) is 0.779. The highest BCUT2D eigenvalue weighted by Gasteiger charge is 1.85. The van der Waals surface area contributed by atoms with Crippen LogP contribution in [-0.4, -0.2) is 32.7 Å². The summed E-state index contributed by atoms with van der Waals surface area (Å²) < 4.78 is 0. The van der Waals surface area contributed by atoms with Gasteiger partial charge in [0.05, 0.1) is 0 Å². The zero-order chi connectivity index (χ0) is 8.36. The summed E-state index contributed by atoms with van der Waals surface area (Å²) in [4.78, 5) is 0. The third kappa shape index (κ3) is 9.88. The maximum atomic E-state index is 5.33. The zero-order valence-corrected chi connectivity index (χ0v) is 7.23. The van der Waals surface area contributed by atoms with Gasteiger partial charge in [0.2, 0.25) is 0 Å². The molecule has 4 N–H and O–H groups in total. The van der Waals surface area contributed by atoms with Crippen LogP contribution in [0.15, 0.2) is 0 Å². The van der Waals surface area contributed by atoms with Gasteiger partial charge in [-0.2, -0.15) is 0 Å². The second-order valence-corrected chi connectivity index (χ2v) is 2.50. The third-order valence-corrected chi connectivity index (χ3v) is 1.39.